The van der Waals surface area contributed by atoms with Crippen molar-refractivity contribution in [1.82, 2.24) is 0 Å². The Balaban J connectivity index is 1.62. The number of Topliss-reactive ketones (excluding diaryl/α,β-unsaturated/α-hetero) is 4. The first-order valence-electron chi connectivity index (χ1n) is 12.2. The number of nitrogens with two attached hydrogens (primary N) is 1. The van der Waals surface area contributed by atoms with Crippen LogP contribution in [0, 0.1) is 30.6 Å². The number of aliphatic hydroxyl groups is 1. The van der Waals surface area contributed by atoms with E-state index in [4.69, 9.17) is 5.73 Å². The van der Waals surface area contributed by atoms with Gasteiger partial charge in [0.05, 0.1) is 11.5 Å². The zero-order valence-corrected chi connectivity index (χ0v) is 20.8. The number of phenolic OH excluding ortho intramolecular Hbond substituents is 1. The molecule has 2 saturated carbocycles. The van der Waals surface area contributed by atoms with Gasteiger partial charge in [-0.05, 0) is 66.1 Å². The molecule has 0 aliphatic heterocycles. The number of ketones is 4. The molecule has 0 aromatic heterocycles. The summed E-state index contributed by atoms with van der Waals surface area (Å²) in [5.74, 6) is -10.1. The van der Waals surface area contributed by atoms with Crippen LogP contribution in [0.25, 0.3) is 11.1 Å². The SMILES string of the molecule is Cc1cc(-c2ccc(N(C)C)cc2)c2c(c1O)C(=O)C1C(=O)[C@]3(O)C(=O)C(C(N)=O)C(=O)C[C@@H]3C[C@@H]1C2. The first-order valence-corrected chi connectivity index (χ1v) is 12.2. The number of carbonyl (C=O) groups excluding carboxylic acids is 5. The van der Waals surface area contributed by atoms with Crippen molar-refractivity contribution in [3.8, 4) is 16.9 Å². The van der Waals surface area contributed by atoms with Crippen molar-refractivity contribution >= 4 is 34.7 Å². The summed E-state index contributed by atoms with van der Waals surface area (Å²) in [5.41, 5.74) is 6.20. The van der Waals surface area contributed by atoms with Crippen molar-refractivity contribution in [3.05, 3.63) is 47.0 Å². The highest BCUT2D eigenvalue weighted by molar-refractivity contribution is 6.31. The van der Waals surface area contributed by atoms with Crippen LogP contribution in [0.1, 0.15) is 34.3 Å². The number of benzene rings is 2. The van der Waals surface area contributed by atoms with E-state index in [0.29, 0.717) is 11.1 Å². The molecule has 5 rings (SSSR count). The molecular formula is C28H28N2O7. The average Bonchev–Trinajstić information content (AvgIpc) is 2.83. The average molecular weight is 505 g/mol. The smallest absolute Gasteiger partial charge is 0.235 e. The Morgan fingerprint density at radius 3 is 2.30 bits per heavy atom. The van der Waals surface area contributed by atoms with E-state index in [1.54, 1.807) is 13.0 Å². The van der Waals surface area contributed by atoms with Crippen LogP contribution < -0.4 is 10.6 Å². The van der Waals surface area contributed by atoms with E-state index in [9.17, 15) is 34.2 Å². The summed E-state index contributed by atoms with van der Waals surface area (Å²) in [6, 6.07) is 9.53. The van der Waals surface area contributed by atoms with E-state index in [2.05, 4.69) is 0 Å². The third-order valence-corrected chi connectivity index (χ3v) is 8.29. The van der Waals surface area contributed by atoms with Gasteiger partial charge in [0.15, 0.2) is 34.7 Å². The van der Waals surface area contributed by atoms with Crippen LogP contribution in [0.3, 0.4) is 0 Å². The van der Waals surface area contributed by atoms with Crippen molar-refractivity contribution < 1.29 is 34.2 Å². The number of amides is 1. The predicted octanol–water partition coefficient (Wildman–Crippen LogP) is 1.37. The molecule has 0 saturated heterocycles. The van der Waals surface area contributed by atoms with Gasteiger partial charge in [0, 0.05) is 32.1 Å². The van der Waals surface area contributed by atoms with E-state index in [0.717, 1.165) is 16.8 Å². The summed E-state index contributed by atoms with van der Waals surface area (Å²) in [6.07, 6.45) is -0.0527. The molecule has 3 aliphatic carbocycles. The van der Waals surface area contributed by atoms with Crippen molar-refractivity contribution in [1.29, 1.82) is 0 Å². The van der Waals surface area contributed by atoms with Crippen LogP contribution in [0.5, 0.6) is 5.75 Å². The van der Waals surface area contributed by atoms with Crippen molar-refractivity contribution in [3.63, 3.8) is 0 Å². The lowest BCUT2D eigenvalue weighted by molar-refractivity contribution is -0.175. The summed E-state index contributed by atoms with van der Waals surface area (Å²) in [7, 11) is 3.85. The quantitative estimate of drug-likeness (QED) is 0.530. The third kappa shape index (κ3) is 3.44. The number of anilines is 1. The summed E-state index contributed by atoms with van der Waals surface area (Å²) >= 11 is 0. The van der Waals surface area contributed by atoms with E-state index in [-0.39, 0.29) is 30.6 Å². The number of hydrogen-bond acceptors (Lipinski definition) is 8. The minimum absolute atomic E-state index is 0.00845. The number of rotatable bonds is 3. The van der Waals surface area contributed by atoms with Gasteiger partial charge >= 0.3 is 0 Å². The summed E-state index contributed by atoms with van der Waals surface area (Å²) < 4.78 is 0. The minimum atomic E-state index is -2.65. The first kappa shape index (κ1) is 24.8. The van der Waals surface area contributed by atoms with Crippen LogP contribution in [-0.4, -0.2) is 58.9 Å². The monoisotopic (exact) mass is 504 g/mol. The molecule has 3 aliphatic rings. The Morgan fingerprint density at radius 2 is 1.70 bits per heavy atom. The molecule has 192 valence electrons. The van der Waals surface area contributed by atoms with E-state index >= 15 is 0 Å². The molecule has 0 radical (unpaired) electrons. The van der Waals surface area contributed by atoms with Crippen LogP contribution in [-0.2, 0) is 25.6 Å². The maximum atomic E-state index is 13.8. The molecule has 4 N–H and O–H groups in total. The predicted molar refractivity (Wildman–Crippen MR) is 133 cm³/mol. The fourth-order valence-electron chi connectivity index (χ4n) is 6.37. The fraction of sp³-hybridized carbons (Fsp3) is 0.393. The second-order valence-electron chi connectivity index (χ2n) is 10.6. The third-order valence-electron chi connectivity index (χ3n) is 8.29. The number of fused-ring (bicyclic) bond motifs is 3. The second kappa shape index (κ2) is 8.34. The topological polar surface area (TPSA) is 155 Å². The lowest BCUT2D eigenvalue weighted by atomic mass is 9.53. The van der Waals surface area contributed by atoms with Crippen molar-refractivity contribution in [2.75, 3.05) is 19.0 Å². The number of carbonyl (C=O) groups is 5. The number of hydrogen-bond donors (Lipinski definition) is 3. The fourth-order valence-corrected chi connectivity index (χ4v) is 6.37. The van der Waals surface area contributed by atoms with Gasteiger partial charge in [0.1, 0.15) is 5.75 Å². The molecule has 0 heterocycles. The van der Waals surface area contributed by atoms with E-state index < -0.39 is 58.3 Å². The van der Waals surface area contributed by atoms with Gasteiger partial charge in [-0.2, -0.15) is 0 Å². The molecule has 0 bridgehead atoms. The summed E-state index contributed by atoms with van der Waals surface area (Å²) in [5, 5.41) is 22.2. The Morgan fingerprint density at radius 1 is 1.05 bits per heavy atom. The molecule has 9 heteroatoms. The van der Waals surface area contributed by atoms with Gasteiger partial charge in [0.25, 0.3) is 0 Å². The van der Waals surface area contributed by atoms with Crippen molar-refractivity contribution in [2.24, 2.45) is 29.4 Å². The molecule has 5 atom stereocenters. The second-order valence-corrected chi connectivity index (χ2v) is 10.6. The summed E-state index contributed by atoms with van der Waals surface area (Å²) in [6.45, 7) is 1.66. The number of phenols is 1. The van der Waals surface area contributed by atoms with Gasteiger partial charge < -0.3 is 20.8 Å². The lowest BCUT2D eigenvalue weighted by Gasteiger charge is -2.48. The highest BCUT2D eigenvalue weighted by Gasteiger charge is 2.66. The number of nitrogens with zero attached hydrogens (tertiary/aromatic N) is 1. The van der Waals surface area contributed by atoms with Crippen molar-refractivity contribution in [2.45, 2.75) is 31.8 Å². The van der Waals surface area contributed by atoms with Gasteiger partial charge in [-0.15, -0.1) is 0 Å². The lowest BCUT2D eigenvalue weighted by Crippen LogP contribution is -2.68. The largest absolute Gasteiger partial charge is 0.507 e. The minimum Gasteiger partial charge on any atom is -0.507 e. The number of primary amides is 1. The summed E-state index contributed by atoms with van der Waals surface area (Å²) in [4.78, 5) is 66.7. The highest BCUT2D eigenvalue weighted by atomic mass is 16.3. The Hall–Kier alpha value is -3.85. The molecule has 2 unspecified atom stereocenters. The Labute approximate surface area is 213 Å². The van der Waals surface area contributed by atoms with Gasteiger partial charge in [0.2, 0.25) is 5.91 Å². The number of aryl methyl sites for hydroxylation is 1. The molecule has 2 aromatic carbocycles. The van der Waals surface area contributed by atoms with Crippen LogP contribution in [0.4, 0.5) is 5.69 Å². The van der Waals surface area contributed by atoms with Crippen LogP contribution in [0.2, 0.25) is 0 Å². The van der Waals surface area contributed by atoms with Gasteiger partial charge in [-0.1, -0.05) is 12.1 Å². The molecule has 2 fully saturated rings. The maximum Gasteiger partial charge on any atom is 0.235 e. The number of aromatic hydroxyl groups is 1. The molecule has 0 spiro atoms. The van der Waals surface area contributed by atoms with E-state index in [1.165, 1.54) is 0 Å². The maximum absolute atomic E-state index is 13.8. The van der Waals surface area contributed by atoms with Crippen LogP contribution >= 0.6 is 0 Å². The first-order chi connectivity index (χ1) is 17.4. The molecule has 9 nitrogen and oxygen atoms in total. The van der Waals surface area contributed by atoms with Gasteiger partial charge in [-0.25, -0.2) is 0 Å². The Bertz CT molecular complexity index is 1390. The van der Waals surface area contributed by atoms with E-state index in [1.807, 2.05) is 43.3 Å². The standard InChI is InChI=1S/C28H28N2O7/c1-12-8-17(13-4-6-16(7-5-13)30(2)3)18-10-14-9-15-11-19(31)22(27(29)36)26(35)28(15,37)25(34)20(14)24(33)21(18)23(12)32/h4-8,14-15,20,22,32,37H,9-11H2,1-3H3,(H2,29,36)/t14-,15+,20?,22?,28+/m1/s1. The molecule has 37 heavy (non-hydrogen) atoms. The molecular weight excluding hydrogens is 476 g/mol. The molecule has 2 aromatic rings. The van der Waals surface area contributed by atoms with Crippen LogP contribution in [0.15, 0.2) is 30.3 Å². The Kier molecular flexibility index (Phi) is 5.60. The van der Waals surface area contributed by atoms with Gasteiger partial charge in [-0.3, -0.25) is 24.0 Å². The highest BCUT2D eigenvalue weighted by Crippen LogP contribution is 2.51. The zero-order chi connectivity index (χ0) is 27.0. The normalized spacial score (nSPS) is 28.9. The zero-order valence-electron chi connectivity index (χ0n) is 20.8. The molecule has 1 amide bonds.